The number of ether oxygens (including phenoxy) is 3. The van der Waals surface area contributed by atoms with Crippen LogP contribution in [0.1, 0.15) is 23.5 Å². The Labute approximate surface area is 217 Å². The zero-order chi connectivity index (χ0) is 26.1. The van der Waals surface area contributed by atoms with Gasteiger partial charge in [0, 0.05) is 39.6 Å². The van der Waals surface area contributed by atoms with E-state index in [-0.39, 0.29) is 41.1 Å². The summed E-state index contributed by atoms with van der Waals surface area (Å²) in [5.74, 6) is -0.730. The molecule has 38 heavy (non-hydrogen) atoms. The Morgan fingerprint density at radius 1 is 0.947 bits per heavy atom. The summed E-state index contributed by atoms with van der Waals surface area (Å²) in [6.07, 6.45) is 1.11. The minimum absolute atomic E-state index is 0.0174. The first-order valence-electron chi connectivity index (χ1n) is 11.6. The molecule has 9 nitrogen and oxygen atoms in total. The summed E-state index contributed by atoms with van der Waals surface area (Å²) >= 11 is 5.98. The second kappa shape index (κ2) is 8.12. The number of aromatic hydroxyl groups is 1. The number of carbonyl (C=O) groups excluding carboxylic acids is 1. The predicted octanol–water partition coefficient (Wildman–Crippen LogP) is 4.83. The Kier molecular flexibility index (Phi) is 4.80. The molecule has 2 aromatic heterocycles. The summed E-state index contributed by atoms with van der Waals surface area (Å²) in [7, 11) is 0. The number of aromatic nitrogens is 1. The van der Waals surface area contributed by atoms with Gasteiger partial charge in [-0.1, -0.05) is 23.7 Å². The van der Waals surface area contributed by atoms with Crippen LogP contribution in [0.3, 0.4) is 0 Å². The van der Waals surface area contributed by atoms with Crippen molar-refractivity contribution in [2.45, 2.75) is 12.3 Å². The van der Waals surface area contributed by atoms with Crippen LogP contribution in [-0.4, -0.2) is 22.9 Å². The number of halogens is 1. The molecule has 0 unspecified atom stereocenters. The second-order valence-electron chi connectivity index (χ2n) is 9.07. The molecule has 0 amide bonds. The highest BCUT2D eigenvalue weighted by Gasteiger charge is 2.35. The van der Waals surface area contributed by atoms with Gasteiger partial charge in [0.1, 0.15) is 28.7 Å². The molecule has 0 saturated heterocycles. The maximum atomic E-state index is 13.5. The highest BCUT2D eigenvalue weighted by atomic mass is 35.5. The Balaban J connectivity index is 1.46. The van der Waals surface area contributed by atoms with Gasteiger partial charge >= 0.3 is 5.97 Å². The van der Waals surface area contributed by atoms with E-state index < -0.39 is 28.6 Å². The molecule has 0 bridgehead atoms. The number of nitrogens with one attached hydrogen (secondary N) is 1. The summed E-state index contributed by atoms with van der Waals surface area (Å²) in [5.41, 5.74) is 1.02. The van der Waals surface area contributed by atoms with Gasteiger partial charge in [-0.15, -0.1) is 0 Å². The van der Waals surface area contributed by atoms with Crippen molar-refractivity contribution >= 4 is 39.4 Å². The lowest BCUT2D eigenvalue weighted by molar-refractivity contribution is -0.135. The van der Waals surface area contributed by atoms with Gasteiger partial charge in [0.25, 0.3) is 5.56 Å². The fourth-order valence-corrected chi connectivity index (χ4v) is 5.22. The first kappa shape index (κ1) is 22.4. The number of fused-ring (bicyclic) bond motifs is 5. The number of hydrogen-bond donors (Lipinski definition) is 2. The Morgan fingerprint density at radius 3 is 2.50 bits per heavy atom. The first-order chi connectivity index (χ1) is 18.4. The average Bonchev–Trinajstić information content (AvgIpc) is 3.34. The van der Waals surface area contributed by atoms with E-state index in [0.717, 1.165) is 0 Å². The van der Waals surface area contributed by atoms with Crippen LogP contribution >= 0.6 is 11.6 Å². The summed E-state index contributed by atoms with van der Waals surface area (Å²) in [5, 5.41) is 11.9. The lowest BCUT2D eigenvalue weighted by atomic mass is 9.85. The van der Waals surface area contributed by atoms with Crippen molar-refractivity contribution in [1.29, 1.82) is 0 Å². The topological polar surface area (TPSA) is 128 Å². The van der Waals surface area contributed by atoms with Crippen LogP contribution in [0.2, 0.25) is 5.02 Å². The zero-order valence-electron chi connectivity index (χ0n) is 19.4. The van der Waals surface area contributed by atoms with E-state index in [9.17, 15) is 19.5 Å². The van der Waals surface area contributed by atoms with Crippen molar-refractivity contribution in [2.75, 3.05) is 6.79 Å². The standard InChI is InChI=1S/C28H16ClNO8/c29-14-3-1-12(2-4-14)17-10-35-27-24-15(7-23(32)38-22(24)9-19(31)25(27)26(17)33)16-5-13-6-20-21(37-11-36-20)8-18(13)30-28(16)34/h1-6,8-10,15,31H,7,11H2,(H,30,34)/t15-/m1/s1. The SMILES string of the molecule is O=C1C[C@H](c2cc3cc4c(cc3[nH]c2=O)OCO4)c2c(cc(O)c3c(=O)c(-c4ccc(Cl)cc4)coc23)O1. The Hall–Kier alpha value is -4.76. The minimum Gasteiger partial charge on any atom is -0.507 e. The fourth-order valence-electron chi connectivity index (χ4n) is 5.10. The molecule has 188 valence electrons. The summed E-state index contributed by atoms with van der Waals surface area (Å²) in [6.45, 7) is 0.0805. The molecule has 0 spiro atoms. The normalized spacial score (nSPS) is 16.0. The highest BCUT2D eigenvalue weighted by Crippen LogP contribution is 2.45. The molecule has 10 heteroatoms. The molecule has 4 heterocycles. The third-order valence-electron chi connectivity index (χ3n) is 6.87. The largest absolute Gasteiger partial charge is 0.507 e. The number of carbonyl (C=O) groups is 1. The van der Waals surface area contributed by atoms with Crippen LogP contribution in [0, 0.1) is 0 Å². The second-order valence-corrected chi connectivity index (χ2v) is 9.51. The smallest absolute Gasteiger partial charge is 0.312 e. The number of hydrogen-bond acceptors (Lipinski definition) is 8. The quantitative estimate of drug-likeness (QED) is 0.246. The molecule has 0 fully saturated rings. The van der Waals surface area contributed by atoms with Crippen LogP contribution < -0.4 is 25.2 Å². The summed E-state index contributed by atoms with van der Waals surface area (Å²) < 4.78 is 22.2. The predicted molar refractivity (Wildman–Crippen MR) is 137 cm³/mol. The molecule has 0 aliphatic carbocycles. The molecule has 3 aromatic carbocycles. The van der Waals surface area contributed by atoms with E-state index in [1.807, 2.05) is 0 Å². The van der Waals surface area contributed by atoms with Crippen molar-refractivity contribution in [3.8, 4) is 34.1 Å². The molecule has 1 atom stereocenters. The van der Waals surface area contributed by atoms with Crippen molar-refractivity contribution in [3.05, 3.63) is 91.5 Å². The third-order valence-corrected chi connectivity index (χ3v) is 7.12. The Morgan fingerprint density at radius 2 is 1.71 bits per heavy atom. The number of phenols is 1. The number of rotatable bonds is 2. The lowest BCUT2D eigenvalue weighted by Crippen LogP contribution is -2.26. The molecular formula is C28H16ClNO8. The maximum Gasteiger partial charge on any atom is 0.312 e. The van der Waals surface area contributed by atoms with Gasteiger partial charge in [-0.3, -0.25) is 14.4 Å². The average molecular weight is 530 g/mol. The minimum atomic E-state index is -0.808. The van der Waals surface area contributed by atoms with E-state index >= 15 is 0 Å². The number of aromatic amines is 1. The van der Waals surface area contributed by atoms with E-state index in [1.54, 1.807) is 42.5 Å². The van der Waals surface area contributed by atoms with E-state index in [4.69, 9.17) is 30.2 Å². The molecule has 2 N–H and O–H groups in total. The van der Waals surface area contributed by atoms with Crippen molar-refractivity contribution < 1.29 is 28.5 Å². The monoisotopic (exact) mass is 529 g/mol. The van der Waals surface area contributed by atoms with Gasteiger partial charge < -0.3 is 28.7 Å². The number of pyridine rings is 1. The molecule has 2 aliphatic heterocycles. The molecule has 0 radical (unpaired) electrons. The van der Waals surface area contributed by atoms with Crippen molar-refractivity contribution in [3.63, 3.8) is 0 Å². The third kappa shape index (κ3) is 3.36. The van der Waals surface area contributed by atoms with Gasteiger partial charge in [0.05, 0.1) is 17.5 Å². The Bertz CT molecular complexity index is 1940. The maximum absolute atomic E-state index is 13.5. The summed E-state index contributed by atoms with van der Waals surface area (Å²) in [4.78, 5) is 42.2. The van der Waals surface area contributed by atoms with Crippen molar-refractivity contribution in [2.24, 2.45) is 0 Å². The van der Waals surface area contributed by atoms with E-state index in [0.29, 0.717) is 38.6 Å². The molecular weight excluding hydrogens is 514 g/mol. The zero-order valence-corrected chi connectivity index (χ0v) is 20.1. The van der Waals surface area contributed by atoms with Gasteiger partial charge in [-0.25, -0.2) is 0 Å². The summed E-state index contributed by atoms with van der Waals surface area (Å²) in [6, 6.07) is 12.9. The van der Waals surface area contributed by atoms with Gasteiger partial charge in [0.2, 0.25) is 12.2 Å². The molecule has 7 rings (SSSR count). The molecule has 2 aliphatic rings. The van der Waals surface area contributed by atoms with Crippen LogP contribution in [0.5, 0.6) is 23.0 Å². The molecule has 0 saturated carbocycles. The van der Waals surface area contributed by atoms with Gasteiger partial charge in [0.15, 0.2) is 11.5 Å². The van der Waals surface area contributed by atoms with Crippen LogP contribution in [0.4, 0.5) is 0 Å². The van der Waals surface area contributed by atoms with Crippen molar-refractivity contribution in [1.82, 2.24) is 4.98 Å². The van der Waals surface area contributed by atoms with Crippen LogP contribution in [0.25, 0.3) is 33.0 Å². The van der Waals surface area contributed by atoms with E-state index in [1.165, 1.54) is 12.3 Å². The van der Waals surface area contributed by atoms with Gasteiger partial charge in [-0.05, 0) is 29.8 Å². The number of benzene rings is 3. The lowest BCUT2D eigenvalue weighted by Gasteiger charge is -2.25. The highest BCUT2D eigenvalue weighted by molar-refractivity contribution is 6.30. The van der Waals surface area contributed by atoms with E-state index in [2.05, 4.69) is 4.98 Å². The fraction of sp³-hybridized carbons (Fsp3) is 0.107. The molecule has 5 aromatic rings. The first-order valence-corrected chi connectivity index (χ1v) is 12.0. The number of phenolic OH excluding ortho intramolecular Hbond substituents is 1. The van der Waals surface area contributed by atoms with Gasteiger partial charge in [-0.2, -0.15) is 0 Å². The number of esters is 1. The van der Waals surface area contributed by atoms with Crippen LogP contribution in [0.15, 0.2) is 68.8 Å². The van der Waals surface area contributed by atoms with Crippen LogP contribution in [-0.2, 0) is 4.79 Å². The number of H-pyrrole nitrogens is 1.